The lowest BCUT2D eigenvalue weighted by molar-refractivity contribution is -0.120. The predicted octanol–water partition coefficient (Wildman–Crippen LogP) is -0.235. The number of aromatic nitrogens is 1. The van der Waals surface area contributed by atoms with Crippen LogP contribution in [0.3, 0.4) is 0 Å². The van der Waals surface area contributed by atoms with Crippen molar-refractivity contribution in [3.63, 3.8) is 0 Å². The number of thiazole rings is 1. The van der Waals surface area contributed by atoms with Crippen LogP contribution in [0.1, 0.15) is 15.5 Å². The molecule has 0 aliphatic heterocycles. The van der Waals surface area contributed by atoms with Gasteiger partial charge in [0.25, 0.3) is 0 Å². The molecule has 0 aliphatic rings. The van der Waals surface area contributed by atoms with Crippen LogP contribution in [-0.2, 0) is 16.1 Å². The third-order valence-electron chi connectivity index (χ3n) is 1.72. The zero-order chi connectivity index (χ0) is 12.0. The molecule has 1 heterocycles. The van der Waals surface area contributed by atoms with E-state index in [2.05, 4.69) is 20.4 Å². The molecular weight excluding hydrogens is 230 g/mol. The van der Waals surface area contributed by atoms with Crippen molar-refractivity contribution in [3.8, 4) is 0 Å². The molecule has 16 heavy (non-hydrogen) atoms. The Morgan fingerprint density at radius 3 is 2.94 bits per heavy atom. The first-order valence-electron chi connectivity index (χ1n) is 4.61. The fourth-order valence-corrected chi connectivity index (χ4v) is 1.69. The maximum Gasteiger partial charge on any atom is 0.357 e. The van der Waals surface area contributed by atoms with E-state index in [0.717, 1.165) is 0 Å². The van der Waals surface area contributed by atoms with Crippen molar-refractivity contribution in [1.82, 2.24) is 15.6 Å². The van der Waals surface area contributed by atoms with Crippen molar-refractivity contribution in [2.24, 2.45) is 0 Å². The highest BCUT2D eigenvalue weighted by Gasteiger charge is 2.10. The Balaban J connectivity index is 2.46. The van der Waals surface area contributed by atoms with Gasteiger partial charge in [-0.05, 0) is 7.05 Å². The van der Waals surface area contributed by atoms with Crippen molar-refractivity contribution in [1.29, 1.82) is 0 Å². The molecule has 2 N–H and O–H groups in total. The summed E-state index contributed by atoms with van der Waals surface area (Å²) in [6.45, 7) is 0.581. The van der Waals surface area contributed by atoms with E-state index in [-0.39, 0.29) is 18.1 Å². The quantitative estimate of drug-likeness (QED) is 0.698. The lowest BCUT2D eigenvalue weighted by Gasteiger charge is -2.01. The highest BCUT2D eigenvalue weighted by Crippen LogP contribution is 2.10. The third kappa shape index (κ3) is 3.59. The van der Waals surface area contributed by atoms with E-state index < -0.39 is 5.97 Å². The summed E-state index contributed by atoms with van der Waals surface area (Å²) in [6, 6.07) is 0. The molecule has 0 aliphatic carbocycles. The summed E-state index contributed by atoms with van der Waals surface area (Å²) < 4.78 is 4.52. The molecule has 1 rings (SSSR count). The number of amides is 1. The van der Waals surface area contributed by atoms with Crippen LogP contribution in [0.5, 0.6) is 0 Å². The molecule has 0 saturated heterocycles. The van der Waals surface area contributed by atoms with E-state index in [1.165, 1.54) is 18.4 Å². The molecule has 0 atom stereocenters. The van der Waals surface area contributed by atoms with E-state index in [4.69, 9.17) is 0 Å². The van der Waals surface area contributed by atoms with E-state index in [0.29, 0.717) is 11.6 Å². The minimum absolute atomic E-state index is 0.114. The standard InChI is InChI=1S/C9H13N3O3S/c1-10-3-7(13)11-4-8-12-6(5-16-8)9(14)15-2/h5,10H,3-4H2,1-2H3,(H,11,13). The van der Waals surface area contributed by atoms with Crippen LogP contribution < -0.4 is 10.6 Å². The van der Waals surface area contributed by atoms with Gasteiger partial charge in [-0.3, -0.25) is 4.79 Å². The second-order valence-corrected chi connectivity index (χ2v) is 3.87. The Morgan fingerprint density at radius 1 is 1.56 bits per heavy atom. The first-order chi connectivity index (χ1) is 7.67. The Hall–Kier alpha value is -1.47. The van der Waals surface area contributed by atoms with Crippen LogP contribution in [0.2, 0.25) is 0 Å². The molecule has 0 radical (unpaired) electrons. The molecule has 1 aromatic heterocycles. The molecule has 0 fully saturated rings. The molecule has 1 amide bonds. The summed E-state index contributed by atoms with van der Waals surface area (Å²) in [7, 11) is 2.99. The predicted molar refractivity (Wildman–Crippen MR) is 59.2 cm³/mol. The zero-order valence-electron chi connectivity index (χ0n) is 9.07. The summed E-state index contributed by atoms with van der Waals surface area (Å²) >= 11 is 1.31. The number of hydrogen-bond acceptors (Lipinski definition) is 6. The van der Waals surface area contributed by atoms with Gasteiger partial charge in [-0.1, -0.05) is 0 Å². The average Bonchev–Trinajstić information content (AvgIpc) is 2.74. The van der Waals surface area contributed by atoms with Crippen LogP contribution in [0, 0.1) is 0 Å². The van der Waals surface area contributed by atoms with Gasteiger partial charge in [0, 0.05) is 5.38 Å². The molecule has 0 unspecified atom stereocenters. The van der Waals surface area contributed by atoms with E-state index in [1.807, 2.05) is 0 Å². The van der Waals surface area contributed by atoms with Crippen molar-refractivity contribution in [2.75, 3.05) is 20.7 Å². The van der Waals surface area contributed by atoms with Gasteiger partial charge in [0.15, 0.2) is 5.69 Å². The van der Waals surface area contributed by atoms with Crippen molar-refractivity contribution in [3.05, 3.63) is 16.1 Å². The number of nitrogens with zero attached hydrogens (tertiary/aromatic N) is 1. The molecule has 0 spiro atoms. The lowest BCUT2D eigenvalue weighted by atomic mass is 10.5. The molecule has 88 valence electrons. The zero-order valence-corrected chi connectivity index (χ0v) is 9.89. The second kappa shape index (κ2) is 6.19. The molecule has 7 heteroatoms. The first kappa shape index (κ1) is 12.6. The largest absolute Gasteiger partial charge is 0.464 e. The van der Waals surface area contributed by atoms with Gasteiger partial charge in [0.2, 0.25) is 5.91 Å². The molecule has 6 nitrogen and oxygen atoms in total. The second-order valence-electron chi connectivity index (χ2n) is 2.93. The number of hydrogen-bond donors (Lipinski definition) is 2. The summed E-state index contributed by atoms with van der Waals surface area (Å²) in [4.78, 5) is 26.2. The summed E-state index contributed by atoms with van der Waals surface area (Å²) in [6.07, 6.45) is 0. The Morgan fingerprint density at radius 2 is 2.31 bits per heavy atom. The SMILES string of the molecule is CNCC(=O)NCc1nc(C(=O)OC)cs1. The Bertz CT molecular complexity index is 378. The normalized spacial score (nSPS) is 9.88. The number of likely N-dealkylation sites (N-methyl/N-ethyl adjacent to an activating group) is 1. The van der Waals surface area contributed by atoms with Gasteiger partial charge in [-0.2, -0.15) is 0 Å². The van der Waals surface area contributed by atoms with Crippen LogP contribution >= 0.6 is 11.3 Å². The number of carbonyl (C=O) groups is 2. The molecule has 0 aromatic carbocycles. The van der Waals surface area contributed by atoms with Gasteiger partial charge in [-0.25, -0.2) is 9.78 Å². The minimum atomic E-state index is -0.468. The maximum atomic E-state index is 11.1. The Kier molecular flexibility index (Phi) is 4.87. The van der Waals surface area contributed by atoms with Crippen LogP contribution in [0.15, 0.2) is 5.38 Å². The Labute approximate surface area is 97.0 Å². The highest BCUT2D eigenvalue weighted by molar-refractivity contribution is 7.09. The van der Waals surface area contributed by atoms with Gasteiger partial charge in [-0.15, -0.1) is 11.3 Å². The molecule has 0 saturated carbocycles. The number of methoxy groups -OCH3 is 1. The van der Waals surface area contributed by atoms with Crippen LogP contribution in [0.25, 0.3) is 0 Å². The summed E-state index contributed by atoms with van der Waals surface area (Å²) in [5.41, 5.74) is 0.269. The third-order valence-corrected chi connectivity index (χ3v) is 2.57. The van der Waals surface area contributed by atoms with Gasteiger partial charge in [0.1, 0.15) is 5.01 Å². The molecule has 0 bridgehead atoms. The average molecular weight is 243 g/mol. The number of ether oxygens (including phenoxy) is 1. The smallest absolute Gasteiger partial charge is 0.357 e. The first-order valence-corrected chi connectivity index (χ1v) is 5.49. The molecule has 1 aromatic rings. The topological polar surface area (TPSA) is 80.3 Å². The van der Waals surface area contributed by atoms with Crippen LogP contribution in [-0.4, -0.2) is 37.6 Å². The minimum Gasteiger partial charge on any atom is -0.464 e. The van der Waals surface area contributed by atoms with E-state index in [1.54, 1.807) is 12.4 Å². The number of carbonyl (C=O) groups excluding carboxylic acids is 2. The maximum absolute atomic E-state index is 11.1. The van der Waals surface area contributed by atoms with Gasteiger partial charge >= 0.3 is 5.97 Å². The fraction of sp³-hybridized carbons (Fsp3) is 0.444. The van der Waals surface area contributed by atoms with E-state index >= 15 is 0 Å². The number of esters is 1. The fourth-order valence-electron chi connectivity index (χ4n) is 0.988. The lowest BCUT2D eigenvalue weighted by Crippen LogP contribution is -2.31. The monoisotopic (exact) mass is 243 g/mol. The summed E-state index contributed by atoms with van der Waals surface area (Å²) in [5.74, 6) is -0.582. The van der Waals surface area contributed by atoms with E-state index in [9.17, 15) is 9.59 Å². The van der Waals surface area contributed by atoms with Crippen LogP contribution in [0.4, 0.5) is 0 Å². The van der Waals surface area contributed by atoms with Gasteiger partial charge < -0.3 is 15.4 Å². The number of nitrogens with one attached hydrogen (secondary N) is 2. The van der Waals surface area contributed by atoms with Crippen molar-refractivity contribution < 1.29 is 14.3 Å². The number of rotatable bonds is 5. The summed E-state index contributed by atoms with van der Waals surface area (Å²) in [5, 5.41) is 7.67. The van der Waals surface area contributed by atoms with Gasteiger partial charge in [0.05, 0.1) is 20.2 Å². The highest BCUT2D eigenvalue weighted by atomic mass is 32.1. The molecular formula is C9H13N3O3S. The van der Waals surface area contributed by atoms with Crippen molar-refractivity contribution in [2.45, 2.75) is 6.54 Å². The van der Waals surface area contributed by atoms with Crippen molar-refractivity contribution >= 4 is 23.2 Å².